The van der Waals surface area contributed by atoms with Gasteiger partial charge in [0.15, 0.2) is 0 Å². The molecule has 2 aromatic heterocycles. The Balaban J connectivity index is 0.00000192. The van der Waals surface area contributed by atoms with E-state index in [1.165, 1.54) is 0 Å². The van der Waals surface area contributed by atoms with E-state index in [9.17, 15) is 4.79 Å². The predicted molar refractivity (Wildman–Crippen MR) is 92.5 cm³/mol. The fourth-order valence-corrected chi connectivity index (χ4v) is 2.57. The lowest BCUT2D eigenvalue weighted by Gasteiger charge is -2.29. The van der Waals surface area contributed by atoms with Crippen molar-refractivity contribution >= 4 is 29.8 Å². The summed E-state index contributed by atoms with van der Waals surface area (Å²) in [6, 6.07) is 5.57. The molecule has 0 bridgehead atoms. The number of piperazine rings is 1. The van der Waals surface area contributed by atoms with Crippen LogP contribution in [0, 0.1) is 6.92 Å². The number of pyridine rings is 1. The Kier molecular flexibility index (Phi) is 5.57. The molecule has 1 aliphatic rings. The van der Waals surface area contributed by atoms with Crippen molar-refractivity contribution in [1.29, 1.82) is 0 Å². The Morgan fingerprint density at radius 3 is 2.61 bits per heavy atom. The van der Waals surface area contributed by atoms with Gasteiger partial charge in [-0.05, 0) is 25.1 Å². The van der Waals surface area contributed by atoms with Crippen LogP contribution in [0.15, 0.2) is 24.4 Å². The van der Waals surface area contributed by atoms with Crippen LogP contribution in [-0.2, 0) is 7.05 Å². The number of nitrogens with one attached hydrogen (secondary N) is 2. The number of carbonyl (C=O) groups excluding carboxylic acids is 1. The van der Waals surface area contributed by atoms with Crippen molar-refractivity contribution in [2.45, 2.75) is 6.92 Å². The Morgan fingerprint density at radius 2 is 2.04 bits per heavy atom. The number of halogens is 1. The summed E-state index contributed by atoms with van der Waals surface area (Å²) >= 11 is 0. The Hall–Kier alpha value is -2.12. The van der Waals surface area contributed by atoms with Gasteiger partial charge < -0.3 is 15.5 Å². The summed E-state index contributed by atoms with van der Waals surface area (Å²) in [5.41, 5.74) is 2.41. The molecule has 0 radical (unpaired) electrons. The molecule has 3 rings (SSSR count). The van der Waals surface area contributed by atoms with E-state index < -0.39 is 0 Å². The maximum atomic E-state index is 12.2. The predicted octanol–water partition coefficient (Wildman–Crippen LogP) is 1.21. The number of aryl methyl sites for hydroxylation is 2. The average molecular weight is 337 g/mol. The fourth-order valence-electron chi connectivity index (χ4n) is 2.57. The smallest absolute Gasteiger partial charge is 0.275 e. The SMILES string of the molecule is Cc1cc(C(=O)Nc2ccc(N3CCNCC3)cn2)n(C)n1.Cl. The lowest BCUT2D eigenvalue weighted by molar-refractivity contribution is 0.101. The quantitative estimate of drug-likeness (QED) is 0.881. The summed E-state index contributed by atoms with van der Waals surface area (Å²) in [6.45, 7) is 5.78. The average Bonchev–Trinajstić information content (AvgIpc) is 2.88. The summed E-state index contributed by atoms with van der Waals surface area (Å²) in [5, 5.41) is 10.3. The molecule has 0 aliphatic carbocycles. The molecular formula is C15H21ClN6O. The molecule has 8 heteroatoms. The van der Waals surface area contributed by atoms with Crippen LogP contribution in [0.2, 0.25) is 0 Å². The highest BCUT2D eigenvalue weighted by molar-refractivity contribution is 6.02. The molecule has 0 atom stereocenters. The van der Waals surface area contributed by atoms with E-state index in [4.69, 9.17) is 0 Å². The van der Waals surface area contributed by atoms with E-state index >= 15 is 0 Å². The molecule has 0 spiro atoms. The van der Waals surface area contributed by atoms with Gasteiger partial charge in [0.25, 0.3) is 5.91 Å². The van der Waals surface area contributed by atoms with E-state index in [-0.39, 0.29) is 18.3 Å². The molecule has 1 aliphatic heterocycles. The Morgan fingerprint density at radius 1 is 1.30 bits per heavy atom. The molecule has 3 heterocycles. The first-order valence-corrected chi connectivity index (χ1v) is 7.37. The van der Waals surface area contributed by atoms with Crippen molar-refractivity contribution in [1.82, 2.24) is 20.1 Å². The van der Waals surface area contributed by atoms with Crippen LogP contribution in [0.25, 0.3) is 0 Å². The van der Waals surface area contributed by atoms with Gasteiger partial charge in [0.2, 0.25) is 0 Å². The second-order valence-corrected chi connectivity index (χ2v) is 5.39. The highest BCUT2D eigenvalue weighted by Crippen LogP contribution is 2.16. The monoisotopic (exact) mass is 336 g/mol. The molecule has 1 fully saturated rings. The molecule has 23 heavy (non-hydrogen) atoms. The minimum Gasteiger partial charge on any atom is -0.368 e. The highest BCUT2D eigenvalue weighted by Gasteiger charge is 2.14. The lowest BCUT2D eigenvalue weighted by Crippen LogP contribution is -2.43. The van der Waals surface area contributed by atoms with Crippen LogP contribution < -0.4 is 15.5 Å². The van der Waals surface area contributed by atoms with Crippen molar-refractivity contribution in [3.63, 3.8) is 0 Å². The number of nitrogens with zero attached hydrogens (tertiary/aromatic N) is 4. The summed E-state index contributed by atoms with van der Waals surface area (Å²) in [6.07, 6.45) is 1.80. The van der Waals surface area contributed by atoms with Crippen molar-refractivity contribution in [2.75, 3.05) is 36.4 Å². The second kappa shape index (κ2) is 7.43. The van der Waals surface area contributed by atoms with Crippen LogP contribution in [0.1, 0.15) is 16.2 Å². The van der Waals surface area contributed by atoms with Crippen molar-refractivity contribution in [3.05, 3.63) is 35.8 Å². The number of carbonyl (C=O) groups is 1. The van der Waals surface area contributed by atoms with Gasteiger partial charge in [0.1, 0.15) is 11.5 Å². The molecule has 2 aromatic rings. The Bertz CT molecular complexity index is 663. The minimum atomic E-state index is -0.203. The molecule has 124 valence electrons. The van der Waals surface area contributed by atoms with Gasteiger partial charge in [-0.2, -0.15) is 5.10 Å². The zero-order valence-corrected chi connectivity index (χ0v) is 14.1. The van der Waals surface area contributed by atoms with Gasteiger partial charge in [-0.3, -0.25) is 9.48 Å². The second-order valence-electron chi connectivity index (χ2n) is 5.39. The van der Waals surface area contributed by atoms with Crippen molar-refractivity contribution in [3.8, 4) is 0 Å². The molecule has 1 amide bonds. The maximum Gasteiger partial charge on any atom is 0.275 e. The van der Waals surface area contributed by atoms with E-state index in [1.54, 1.807) is 24.0 Å². The number of hydrogen-bond acceptors (Lipinski definition) is 5. The van der Waals surface area contributed by atoms with E-state index in [0.717, 1.165) is 37.6 Å². The third-order valence-corrected chi connectivity index (χ3v) is 3.71. The summed E-state index contributed by atoms with van der Waals surface area (Å²) in [7, 11) is 1.75. The zero-order chi connectivity index (χ0) is 15.5. The van der Waals surface area contributed by atoms with Crippen LogP contribution >= 0.6 is 12.4 Å². The minimum absolute atomic E-state index is 0. The molecular weight excluding hydrogens is 316 g/mol. The van der Waals surface area contributed by atoms with Gasteiger partial charge in [-0.15, -0.1) is 12.4 Å². The number of amides is 1. The van der Waals surface area contributed by atoms with Gasteiger partial charge >= 0.3 is 0 Å². The van der Waals surface area contributed by atoms with Gasteiger partial charge in [-0.25, -0.2) is 4.98 Å². The number of anilines is 2. The zero-order valence-electron chi connectivity index (χ0n) is 13.2. The molecule has 0 unspecified atom stereocenters. The topological polar surface area (TPSA) is 75.1 Å². The van der Waals surface area contributed by atoms with E-state index in [1.807, 2.05) is 19.1 Å². The largest absolute Gasteiger partial charge is 0.368 e. The first-order chi connectivity index (χ1) is 10.6. The number of rotatable bonds is 3. The van der Waals surface area contributed by atoms with Gasteiger partial charge in [0, 0.05) is 33.2 Å². The van der Waals surface area contributed by atoms with Crippen molar-refractivity contribution in [2.24, 2.45) is 7.05 Å². The lowest BCUT2D eigenvalue weighted by atomic mass is 10.3. The highest BCUT2D eigenvalue weighted by atomic mass is 35.5. The van der Waals surface area contributed by atoms with Crippen LogP contribution in [0.3, 0.4) is 0 Å². The van der Waals surface area contributed by atoms with Gasteiger partial charge in [0.05, 0.1) is 17.6 Å². The van der Waals surface area contributed by atoms with Gasteiger partial charge in [-0.1, -0.05) is 0 Å². The summed E-state index contributed by atoms with van der Waals surface area (Å²) in [4.78, 5) is 18.8. The molecule has 0 aromatic carbocycles. The Labute approximate surface area is 141 Å². The molecule has 7 nitrogen and oxygen atoms in total. The third-order valence-electron chi connectivity index (χ3n) is 3.71. The summed E-state index contributed by atoms with van der Waals surface area (Å²) < 4.78 is 1.57. The normalized spacial score (nSPS) is 14.3. The first-order valence-electron chi connectivity index (χ1n) is 7.37. The number of aromatic nitrogens is 3. The van der Waals surface area contributed by atoms with Crippen LogP contribution in [0.4, 0.5) is 11.5 Å². The standard InChI is InChI=1S/C15H20N6O.ClH/c1-11-9-13(20(2)19-11)15(22)18-14-4-3-12(10-17-14)21-7-5-16-6-8-21;/h3-4,9-10,16H,5-8H2,1-2H3,(H,17,18,22);1H. The molecule has 2 N–H and O–H groups in total. The van der Waals surface area contributed by atoms with Crippen LogP contribution in [-0.4, -0.2) is 46.9 Å². The molecule has 0 saturated carbocycles. The molecule has 1 saturated heterocycles. The fraction of sp³-hybridized carbons (Fsp3) is 0.400. The maximum absolute atomic E-state index is 12.2. The number of hydrogen-bond donors (Lipinski definition) is 2. The van der Waals surface area contributed by atoms with E-state index in [0.29, 0.717) is 11.5 Å². The van der Waals surface area contributed by atoms with Crippen molar-refractivity contribution < 1.29 is 4.79 Å². The van der Waals surface area contributed by atoms with E-state index in [2.05, 4.69) is 25.6 Å². The summed E-state index contributed by atoms with van der Waals surface area (Å²) in [5.74, 6) is 0.341. The third kappa shape index (κ3) is 4.00. The first kappa shape index (κ1) is 17.2. The van der Waals surface area contributed by atoms with Crippen LogP contribution in [0.5, 0.6) is 0 Å².